The van der Waals surface area contributed by atoms with E-state index < -0.39 is 0 Å². The van der Waals surface area contributed by atoms with Crippen LogP contribution in [0.15, 0.2) is 91.0 Å². The third kappa shape index (κ3) is 4.40. The first-order valence-electron chi connectivity index (χ1n) is 8.78. The molecule has 3 aromatic rings. The van der Waals surface area contributed by atoms with E-state index in [9.17, 15) is 0 Å². The number of hydrogen-bond acceptors (Lipinski definition) is 3. The van der Waals surface area contributed by atoms with Crippen molar-refractivity contribution in [3.8, 4) is 0 Å². The van der Waals surface area contributed by atoms with E-state index >= 15 is 0 Å². The van der Waals surface area contributed by atoms with Crippen molar-refractivity contribution in [1.82, 2.24) is 0 Å². The second-order valence-corrected chi connectivity index (χ2v) is 5.78. The van der Waals surface area contributed by atoms with E-state index in [1.165, 1.54) is 0 Å². The third-order valence-corrected chi connectivity index (χ3v) is 3.87. The molecule has 0 unspecified atom stereocenters. The normalized spacial score (nSPS) is 10.4. The molecule has 0 aliphatic rings. The van der Waals surface area contributed by atoms with E-state index in [0.29, 0.717) is 6.61 Å². The first-order valence-corrected chi connectivity index (χ1v) is 8.78. The summed E-state index contributed by atoms with van der Waals surface area (Å²) in [5.74, 6) is 0. The lowest BCUT2D eigenvalue weighted by molar-refractivity contribution is 0.105. The van der Waals surface area contributed by atoms with Crippen LogP contribution in [0.2, 0.25) is 0 Å². The lowest BCUT2D eigenvalue weighted by atomic mass is 10.2. The van der Waals surface area contributed by atoms with Crippen molar-refractivity contribution >= 4 is 17.1 Å². The van der Waals surface area contributed by atoms with Gasteiger partial charge in [0.05, 0.1) is 23.7 Å². The van der Waals surface area contributed by atoms with Gasteiger partial charge in [-0.05, 0) is 42.8 Å². The van der Waals surface area contributed by atoms with E-state index in [2.05, 4.69) is 48.3 Å². The summed E-state index contributed by atoms with van der Waals surface area (Å²) in [5.41, 5.74) is 3.09. The highest BCUT2D eigenvalue weighted by Crippen LogP contribution is 2.30. The molecule has 3 rings (SSSR count). The van der Waals surface area contributed by atoms with Crippen LogP contribution in [-0.4, -0.2) is 6.61 Å². The van der Waals surface area contributed by atoms with Crippen LogP contribution in [0.4, 0.5) is 17.1 Å². The van der Waals surface area contributed by atoms with Crippen molar-refractivity contribution in [2.75, 3.05) is 16.8 Å². The Morgan fingerprint density at radius 1 is 0.640 bits per heavy atom. The van der Waals surface area contributed by atoms with E-state index in [4.69, 9.17) is 4.84 Å². The maximum Gasteiger partial charge on any atom is 0.0885 e. The van der Waals surface area contributed by atoms with Crippen molar-refractivity contribution in [2.45, 2.75) is 19.8 Å². The highest BCUT2D eigenvalue weighted by Gasteiger charge is 2.20. The number of rotatable bonds is 8. The number of para-hydroxylation sites is 3. The molecule has 0 amide bonds. The summed E-state index contributed by atoms with van der Waals surface area (Å²) in [5, 5.41) is 3.99. The van der Waals surface area contributed by atoms with E-state index in [1.807, 2.05) is 59.8 Å². The molecule has 0 radical (unpaired) electrons. The maximum absolute atomic E-state index is 6.20. The number of hydrazine groups is 1. The third-order valence-electron chi connectivity index (χ3n) is 3.87. The SMILES string of the molecule is CCCCON(c1ccccc1)N(c1ccccc1)c1ccccc1. The molecule has 0 atom stereocenters. The Labute approximate surface area is 150 Å². The standard InChI is InChI=1S/C22H24N2O/c1-2-3-19-25-24(22-17-11-6-12-18-22)23(20-13-7-4-8-14-20)21-15-9-5-10-16-21/h4-18H,2-3,19H2,1H3. The maximum atomic E-state index is 6.20. The Bertz CT molecular complexity index is 692. The van der Waals surface area contributed by atoms with Gasteiger partial charge in [0.2, 0.25) is 0 Å². The van der Waals surface area contributed by atoms with Gasteiger partial charge in [-0.15, -0.1) is 0 Å². The van der Waals surface area contributed by atoms with Gasteiger partial charge in [-0.2, -0.15) is 5.17 Å². The molecule has 0 bridgehead atoms. The Kier molecular flexibility index (Phi) is 6.07. The molecular formula is C22H24N2O. The summed E-state index contributed by atoms with van der Waals surface area (Å²) in [6.45, 7) is 2.84. The van der Waals surface area contributed by atoms with Crippen molar-refractivity contribution in [1.29, 1.82) is 0 Å². The smallest absolute Gasteiger partial charge is 0.0885 e. The minimum atomic E-state index is 0.668. The van der Waals surface area contributed by atoms with Gasteiger partial charge in [0.15, 0.2) is 0 Å². The van der Waals surface area contributed by atoms with Gasteiger partial charge in [0, 0.05) is 0 Å². The summed E-state index contributed by atoms with van der Waals surface area (Å²) >= 11 is 0. The predicted octanol–water partition coefficient (Wildman–Crippen LogP) is 5.98. The van der Waals surface area contributed by atoms with Crippen LogP contribution in [-0.2, 0) is 4.84 Å². The summed E-state index contributed by atoms with van der Waals surface area (Å²) in [6.07, 6.45) is 2.11. The predicted molar refractivity (Wildman–Crippen MR) is 105 cm³/mol. The number of hydrogen-bond donors (Lipinski definition) is 0. The van der Waals surface area contributed by atoms with Crippen molar-refractivity contribution in [2.24, 2.45) is 0 Å². The molecule has 0 fully saturated rings. The fourth-order valence-electron chi connectivity index (χ4n) is 2.60. The molecule has 128 valence electrons. The second-order valence-electron chi connectivity index (χ2n) is 5.78. The Hall–Kier alpha value is -2.78. The molecule has 0 spiro atoms. The zero-order valence-electron chi connectivity index (χ0n) is 14.6. The molecule has 0 N–H and O–H groups in total. The molecule has 25 heavy (non-hydrogen) atoms. The molecule has 3 nitrogen and oxygen atoms in total. The average molecular weight is 332 g/mol. The van der Waals surface area contributed by atoms with Crippen LogP contribution in [0.1, 0.15) is 19.8 Å². The monoisotopic (exact) mass is 332 g/mol. The Balaban J connectivity index is 2.03. The van der Waals surface area contributed by atoms with Crippen molar-refractivity contribution in [3.05, 3.63) is 91.0 Å². The molecule has 0 heterocycles. The van der Waals surface area contributed by atoms with Gasteiger partial charge in [-0.1, -0.05) is 67.9 Å². The summed E-state index contributed by atoms with van der Waals surface area (Å²) in [6, 6.07) is 30.8. The lowest BCUT2D eigenvalue weighted by Gasteiger charge is -2.36. The van der Waals surface area contributed by atoms with E-state index in [-0.39, 0.29) is 0 Å². The summed E-state index contributed by atoms with van der Waals surface area (Å²) in [7, 11) is 0. The number of benzene rings is 3. The largest absolute Gasteiger partial charge is 0.253 e. The molecule has 3 heteroatoms. The van der Waals surface area contributed by atoms with Crippen molar-refractivity contribution in [3.63, 3.8) is 0 Å². The topological polar surface area (TPSA) is 15.7 Å². The Morgan fingerprint density at radius 3 is 1.52 bits per heavy atom. The fourth-order valence-corrected chi connectivity index (χ4v) is 2.60. The van der Waals surface area contributed by atoms with Gasteiger partial charge in [-0.25, -0.2) is 5.01 Å². The van der Waals surface area contributed by atoms with E-state index in [1.54, 1.807) is 0 Å². The van der Waals surface area contributed by atoms with Crippen LogP contribution in [0.25, 0.3) is 0 Å². The Morgan fingerprint density at radius 2 is 1.08 bits per heavy atom. The van der Waals surface area contributed by atoms with Crippen molar-refractivity contribution < 1.29 is 4.84 Å². The first-order chi connectivity index (χ1) is 12.4. The zero-order chi connectivity index (χ0) is 17.3. The minimum Gasteiger partial charge on any atom is -0.253 e. The number of nitrogens with zero attached hydrogens (tertiary/aromatic N) is 2. The van der Waals surface area contributed by atoms with Crippen LogP contribution < -0.4 is 10.2 Å². The van der Waals surface area contributed by atoms with Crippen LogP contribution >= 0.6 is 0 Å². The average Bonchev–Trinajstić information content (AvgIpc) is 2.69. The number of anilines is 3. The molecule has 0 saturated carbocycles. The van der Waals surface area contributed by atoms with Crippen LogP contribution in [0.5, 0.6) is 0 Å². The highest BCUT2D eigenvalue weighted by atomic mass is 16.7. The van der Waals surface area contributed by atoms with Gasteiger partial charge < -0.3 is 0 Å². The molecule has 0 aliphatic carbocycles. The quantitative estimate of drug-likeness (QED) is 0.373. The molecule has 0 aromatic heterocycles. The molecule has 0 aliphatic heterocycles. The molecule has 3 aromatic carbocycles. The lowest BCUT2D eigenvalue weighted by Crippen LogP contribution is -2.40. The molecular weight excluding hydrogens is 308 g/mol. The van der Waals surface area contributed by atoms with Gasteiger partial charge in [0.25, 0.3) is 0 Å². The van der Waals surface area contributed by atoms with Crippen LogP contribution in [0, 0.1) is 0 Å². The summed E-state index contributed by atoms with van der Waals surface area (Å²) in [4.78, 5) is 6.20. The molecule has 0 saturated heterocycles. The summed E-state index contributed by atoms with van der Waals surface area (Å²) < 4.78 is 0. The van der Waals surface area contributed by atoms with Gasteiger partial charge in [0.1, 0.15) is 0 Å². The van der Waals surface area contributed by atoms with Gasteiger partial charge >= 0.3 is 0 Å². The zero-order valence-corrected chi connectivity index (χ0v) is 14.6. The minimum absolute atomic E-state index is 0.668. The number of unbranched alkanes of at least 4 members (excludes halogenated alkanes) is 1. The second kappa shape index (κ2) is 8.90. The fraction of sp³-hybridized carbons (Fsp3) is 0.182. The first kappa shape index (κ1) is 17.1. The van der Waals surface area contributed by atoms with Crippen LogP contribution in [0.3, 0.4) is 0 Å². The van der Waals surface area contributed by atoms with Gasteiger partial charge in [-0.3, -0.25) is 4.84 Å². The van der Waals surface area contributed by atoms with E-state index in [0.717, 1.165) is 29.9 Å². The highest BCUT2D eigenvalue weighted by molar-refractivity contribution is 5.68.